The second kappa shape index (κ2) is 2.20. The number of rotatable bonds is 0. The van der Waals surface area contributed by atoms with E-state index in [9.17, 15) is 8.42 Å². The Morgan fingerprint density at radius 1 is 1.08 bits per heavy atom. The van der Waals surface area contributed by atoms with Gasteiger partial charge in [0.15, 0.2) is 9.84 Å². The molecule has 2 nitrogen and oxygen atoms in total. The van der Waals surface area contributed by atoms with Crippen LogP contribution >= 0.6 is 0 Å². The molecular weight excluding hydrogens is 172 g/mol. The van der Waals surface area contributed by atoms with Gasteiger partial charge in [-0.25, -0.2) is 8.42 Å². The maximum atomic E-state index is 11.1. The highest BCUT2D eigenvalue weighted by Crippen LogP contribution is 1.98. The highest BCUT2D eigenvalue weighted by molar-refractivity contribution is 8.06. The monoisotopic (exact) mass is 180 g/mol. The highest BCUT2D eigenvalue weighted by Gasteiger charge is 2.07. The summed E-state index contributed by atoms with van der Waals surface area (Å²) in [7, 11) is -3.07. The van der Waals surface area contributed by atoms with Gasteiger partial charge in [0.05, 0.1) is 0 Å². The molecule has 0 radical (unpaired) electrons. The summed E-state index contributed by atoms with van der Waals surface area (Å²) in [5, 5.41) is 4.19. The summed E-state index contributed by atoms with van der Waals surface area (Å²) in [5.74, 6) is 0. The van der Waals surface area contributed by atoms with Crippen molar-refractivity contribution in [3.8, 4) is 0 Å². The van der Waals surface area contributed by atoms with Gasteiger partial charge in [0.2, 0.25) is 0 Å². The summed E-state index contributed by atoms with van der Waals surface area (Å²) in [5.41, 5.74) is 1.08. The minimum absolute atomic E-state index is 0.792. The Morgan fingerprint density at radius 3 is 2.50 bits per heavy atom. The Morgan fingerprint density at radius 2 is 1.75 bits per heavy atom. The first-order chi connectivity index (χ1) is 5.57. The van der Waals surface area contributed by atoms with Crippen molar-refractivity contribution >= 4 is 20.7 Å². The molecule has 0 saturated heterocycles. The SMILES string of the molecule is Cc1ccc2c(c1)=CS(=O)(=O)C=2. The van der Waals surface area contributed by atoms with Crippen LogP contribution in [0.5, 0.6) is 0 Å². The van der Waals surface area contributed by atoms with Crippen LogP contribution in [0.25, 0.3) is 10.8 Å². The fraction of sp³-hybridized carbons (Fsp3) is 0.111. The molecule has 0 saturated carbocycles. The first-order valence-electron chi connectivity index (χ1n) is 3.62. The molecule has 0 aromatic heterocycles. The number of sulfone groups is 1. The molecule has 1 aliphatic rings. The quantitative estimate of drug-likeness (QED) is 0.558. The van der Waals surface area contributed by atoms with Crippen LogP contribution in [0.3, 0.4) is 0 Å². The normalized spacial score (nSPS) is 17.8. The molecule has 0 unspecified atom stereocenters. The molecule has 1 aromatic rings. The van der Waals surface area contributed by atoms with Gasteiger partial charge < -0.3 is 0 Å². The Labute approximate surface area is 70.8 Å². The number of aryl methyl sites for hydroxylation is 1. The van der Waals surface area contributed by atoms with Crippen molar-refractivity contribution in [3.05, 3.63) is 34.2 Å². The molecule has 0 N–H and O–H groups in total. The smallest absolute Gasteiger partial charge is 0.194 e. The third-order valence-electron chi connectivity index (χ3n) is 1.82. The van der Waals surface area contributed by atoms with E-state index in [-0.39, 0.29) is 0 Å². The second-order valence-corrected chi connectivity index (χ2v) is 4.61. The molecule has 0 fully saturated rings. The predicted octanol–water partition coefficient (Wildman–Crippen LogP) is -0.101. The zero-order valence-corrected chi connectivity index (χ0v) is 7.43. The van der Waals surface area contributed by atoms with Gasteiger partial charge in [-0.2, -0.15) is 0 Å². The number of fused-ring (bicyclic) bond motifs is 1. The lowest BCUT2D eigenvalue weighted by Crippen LogP contribution is -2.20. The summed E-state index contributed by atoms with van der Waals surface area (Å²) in [6.45, 7) is 1.94. The number of hydrogen-bond donors (Lipinski definition) is 0. The van der Waals surface area contributed by atoms with Gasteiger partial charge in [-0.3, -0.25) is 0 Å². The first kappa shape index (κ1) is 7.55. The Bertz CT molecular complexity index is 538. The molecule has 1 aliphatic heterocycles. The van der Waals surface area contributed by atoms with E-state index in [2.05, 4.69) is 0 Å². The van der Waals surface area contributed by atoms with Crippen LogP contribution in [0, 0.1) is 6.92 Å². The molecule has 0 amide bonds. The van der Waals surface area contributed by atoms with Crippen LogP contribution in [0.4, 0.5) is 0 Å². The van der Waals surface area contributed by atoms with Crippen LogP contribution < -0.4 is 10.4 Å². The number of hydrogen-bond acceptors (Lipinski definition) is 2. The van der Waals surface area contributed by atoms with Gasteiger partial charge in [-0.05, 0) is 17.4 Å². The van der Waals surface area contributed by atoms with Crippen LogP contribution in [0.15, 0.2) is 18.2 Å². The Kier molecular flexibility index (Phi) is 1.38. The van der Waals surface area contributed by atoms with Gasteiger partial charge in [-0.1, -0.05) is 23.8 Å². The average Bonchev–Trinajstić information content (AvgIpc) is 2.21. The zero-order valence-electron chi connectivity index (χ0n) is 6.61. The van der Waals surface area contributed by atoms with E-state index in [1.165, 1.54) is 10.8 Å². The van der Waals surface area contributed by atoms with Crippen molar-refractivity contribution in [1.82, 2.24) is 0 Å². The van der Waals surface area contributed by atoms with Gasteiger partial charge in [0.25, 0.3) is 0 Å². The minimum atomic E-state index is -3.07. The Hall–Kier alpha value is -1.09. The van der Waals surface area contributed by atoms with Crippen molar-refractivity contribution in [2.75, 3.05) is 0 Å². The van der Waals surface area contributed by atoms with Gasteiger partial charge >= 0.3 is 0 Å². The third-order valence-corrected chi connectivity index (χ3v) is 2.99. The molecule has 3 heteroatoms. The summed E-state index contributed by atoms with van der Waals surface area (Å²) in [6, 6.07) is 5.60. The van der Waals surface area contributed by atoms with Crippen LogP contribution in [0.1, 0.15) is 5.56 Å². The summed E-state index contributed by atoms with van der Waals surface area (Å²) < 4.78 is 22.2. The van der Waals surface area contributed by atoms with E-state index in [1.807, 2.05) is 25.1 Å². The van der Waals surface area contributed by atoms with Crippen LogP contribution in [-0.2, 0) is 9.84 Å². The van der Waals surface area contributed by atoms with E-state index in [0.29, 0.717) is 0 Å². The fourth-order valence-electron chi connectivity index (χ4n) is 1.29. The molecule has 0 bridgehead atoms. The molecule has 1 heterocycles. The molecule has 12 heavy (non-hydrogen) atoms. The van der Waals surface area contributed by atoms with Gasteiger partial charge in [0.1, 0.15) is 0 Å². The maximum absolute atomic E-state index is 11.1. The number of benzene rings is 1. The molecular formula is C9H8O2S. The highest BCUT2D eigenvalue weighted by atomic mass is 32.2. The lowest BCUT2D eigenvalue weighted by atomic mass is 10.2. The van der Waals surface area contributed by atoms with Gasteiger partial charge in [-0.15, -0.1) is 0 Å². The zero-order chi connectivity index (χ0) is 8.77. The molecule has 2 rings (SSSR count). The predicted molar refractivity (Wildman–Crippen MR) is 48.3 cm³/mol. The molecule has 62 valence electrons. The standard InChI is InChI=1S/C9H8O2S/c1-7-2-3-8-5-12(10,11)6-9(8)4-7/h2-6H,1H3. The van der Waals surface area contributed by atoms with Crippen molar-refractivity contribution < 1.29 is 8.42 Å². The first-order valence-corrected chi connectivity index (χ1v) is 5.23. The summed E-state index contributed by atoms with van der Waals surface area (Å²) in [6.07, 6.45) is 0. The van der Waals surface area contributed by atoms with E-state index in [1.54, 1.807) is 0 Å². The Balaban J connectivity index is 2.96. The van der Waals surface area contributed by atoms with Crippen LogP contribution in [-0.4, -0.2) is 8.42 Å². The fourth-order valence-corrected chi connectivity index (χ4v) is 2.49. The average molecular weight is 180 g/mol. The van der Waals surface area contributed by atoms with Crippen molar-refractivity contribution in [3.63, 3.8) is 0 Å². The largest absolute Gasteiger partial charge is 0.220 e. The van der Waals surface area contributed by atoms with E-state index < -0.39 is 9.84 Å². The van der Waals surface area contributed by atoms with E-state index in [0.717, 1.165) is 16.0 Å². The molecule has 0 aliphatic carbocycles. The molecule has 0 atom stereocenters. The topological polar surface area (TPSA) is 34.1 Å². The van der Waals surface area contributed by atoms with Gasteiger partial charge in [0, 0.05) is 10.8 Å². The molecule has 1 aromatic carbocycles. The van der Waals surface area contributed by atoms with E-state index >= 15 is 0 Å². The minimum Gasteiger partial charge on any atom is -0.220 e. The third kappa shape index (κ3) is 1.16. The van der Waals surface area contributed by atoms with Crippen molar-refractivity contribution in [2.45, 2.75) is 6.92 Å². The van der Waals surface area contributed by atoms with Crippen LogP contribution in [0.2, 0.25) is 0 Å². The summed E-state index contributed by atoms with van der Waals surface area (Å²) in [4.78, 5) is 0. The lowest BCUT2D eigenvalue weighted by molar-refractivity contribution is 0.617. The second-order valence-electron chi connectivity index (χ2n) is 2.96. The van der Waals surface area contributed by atoms with E-state index in [4.69, 9.17) is 0 Å². The summed E-state index contributed by atoms with van der Waals surface area (Å²) >= 11 is 0. The molecule has 0 spiro atoms. The maximum Gasteiger partial charge on any atom is 0.194 e. The lowest BCUT2D eigenvalue weighted by Gasteiger charge is -1.87. The van der Waals surface area contributed by atoms with Crippen molar-refractivity contribution in [2.24, 2.45) is 0 Å². The van der Waals surface area contributed by atoms with Crippen molar-refractivity contribution in [1.29, 1.82) is 0 Å².